The number of nitrogens with one attached hydrogen (secondary N) is 1. The second-order valence-corrected chi connectivity index (χ2v) is 6.82. The highest BCUT2D eigenvalue weighted by Gasteiger charge is 2.23. The second kappa shape index (κ2) is 7.56. The van der Waals surface area contributed by atoms with E-state index in [4.69, 9.17) is 0 Å². The molecule has 1 amide bonds. The fraction of sp³-hybridized carbons (Fsp3) is 0.533. The second-order valence-electron chi connectivity index (χ2n) is 4.85. The van der Waals surface area contributed by atoms with Crippen molar-refractivity contribution in [3.63, 3.8) is 0 Å². The van der Waals surface area contributed by atoms with E-state index in [2.05, 4.69) is 5.32 Å². The standard InChI is InChI=1S/C15H24N2O3S/c1-5-13-10-8-9-12(4)15(13)16-14(18)11-21(19,20)17(6-2)7-3/h8-10H,5-7,11H2,1-4H3,(H,16,18). The van der Waals surface area contributed by atoms with Crippen LogP contribution in [0.4, 0.5) is 5.69 Å². The predicted octanol–water partition coefficient (Wildman–Crippen LogP) is 2.17. The van der Waals surface area contributed by atoms with Gasteiger partial charge in [-0.2, -0.15) is 0 Å². The summed E-state index contributed by atoms with van der Waals surface area (Å²) < 4.78 is 25.5. The Kier molecular flexibility index (Phi) is 6.36. The van der Waals surface area contributed by atoms with Crippen molar-refractivity contribution in [2.75, 3.05) is 24.2 Å². The van der Waals surface area contributed by atoms with Crippen molar-refractivity contribution in [1.29, 1.82) is 0 Å². The summed E-state index contributed by atoms with van der Waals surface area (Å²) in [5.41, 5.74) is 2.66. The Balaban J connectivity index is 2.89. The first-order valence-electron chi connectivity index (χ1n) is 7.21. The molecule has 0 heterocycles. The predicted molar refractivity (Wildman–Crippen MR) is 85.9 cm³/mol. The molecule has 0 fully saturated rings. The minimum atomic E-state index is -3.55. The van der Waals surface area contributed by atoms with E-state index >= 15 is 0 Å². The highest BCUT2D eigenvalue weighted by atomic mass is 32.2. The van der Waals surface area contributed by atoms with Gasteiger partial charge in [0.25, 0.3) is 0 Å². The normalized spacial score (nSPS) is 11.7. The number of para-hydroxylation sites is 1. The summed E-state index contributed by atoms with van der Waals surface area (Å²) in [5, 5.41) is 2.74. The van der Waals surface area contributed by atoms with Gasteiger partial charge in [-0.3, -0.25) is 4.79 Å². The van der Waals surface area contributed by atoms with Gasteiger partial charge in [0.15, 0.2) is 0 Å². The molecule has 0 unspecified atom stereocenters. The van der Waals surface area contributed by atoms with Crippen LogP contribution in [0.5, 0.6) is 0 Å². The highest BCUT2D eigenvalue weighted by Crippen LogP contribution is 2.21. The molecule has 1 N–H and O–H groups in total. The molecule has 0 radical (unpaired) electrons. The number of carbonyl (C=O) groups excluding carboxylic acids is 1. The number of aryl methyl sites for hydroxylation is 2. The molecule has 0 aliphatic heterocycles. The van der Waals surface area contributed by atoms with Crippen LogP contribution in [0, 0.1) is 6.92 Å². The van der Waals surface area contributed by atoms with Crippen LogP contribution in [-0.4, -0.2) is 37.5 Å². The summed E-state index contributed by atoms with van der Waals surface area (Å²) in [6, 6.07) is 5.76. The van der Waals surface area contributed by atoms with E-state index in [0.29, 0.717) is 13.1 Å². The van der Waals surface area contributed by atoms with E-state index in [1.54, 1.807) is 13.8 Å². The van der Waals surface area contributed by atoms with Gasteiger partial charge in [0.2, 0.25) is 15.9 Å². The zero-order chi connectivity index (χ0) is 16.0. The molecule has 21 heavy (non-hydrogen) atoms. The van der Waals surface area contributed by atoms with Crippen LogP contribution in [0.2, 0.25) is 0 Å². The molecule has 1 rings (SSSR count). The number of hydrogen-bond donors (Lipinski definition) is 1. The molecule has 6 heteroatoms. The summed E-state index contributed by atoms with van der Waals surface area (Å²) in [6.45, 7) is 8.16. The lowest BCUT2D eigenvalue weighted by Crippen LogP contribution is -2.37. The molecular weight excluding hydrogens is 288 g/mol. The van der Waals surface area contributed by atoms with Crippen molar-refractivity contribution >= 4 is 21.6 Å². The number of benzene rings is 1. The summed E-state index contributed by atoms with van der Waals surface area (Å²) in [7, 11) is -3.55. The third-order valence-electron chi connectivity index (χ3n) is 3.42. The van der Waals surface area contributed by atoms with E-state index in [1.165, 1.54) is 4.31 Å². The quantitative estimate of drug-likeness (QED) is 0.839. The monoisotopic (exact) mass is 312 g/mol. The average molecular weight is 312 g/mol. The number of nitrogens with zero attached hydrogens (tertiary/aromatic N) is 1. The van der Waals surface area contributed by atoms with Crippen molar-refractivity contribution < 1.29 is 13.2 Å². The molecule has 1 aromatic carbocycles. The molecule has 0 spiro atoms. The molecule has 1 aromatic rings. The van der Waals surface area contributed by atoms with Gasteiger partial charge in [-0.1, -0.05) is 39.0 Å². The van der Waals surface area contributed by atoms with E-state index in [0.717, 1.165) is 23.2 Å². The lowest BCUT2D eigenvalue weighted by molar-refractivity contribution is -0.113. The summed E-state index contributed by atoms with van der Waals surface area (Å²) in [4.78, 5) is 12.1. The van der Waals surface area contributed by atoms with Crippen molar-refractivity contribution in [2.45, 2.75) is 34.1 Å². The minimum absolute atomic E-state index is 0.372. The van der Waals surface area contributed by atoms with Gasteiger partial charge in [-0.25, -0.2) is 12.7 Å². The third-order valence-corrected chi connectivity index (χ3v) is 5.35. The number of carbonyl (C=O) groups is 1. The molecule has 0 aliphatic carbocycles. The number of sulfonamides is 1. The van der Waals surface area contributed by atoms with Crippen molar-refractivity contribution in [3.8, 4) is 0 Å². The van der Waals surface area contributed by atoms with Gasteiger partial charge >= 0.3 is 0 Å². The first kappa shape index (κ1) is 17.7. The number of amides is 1. The van der Waals surface area contributed by atoms with Crippen molar-refractivity contribution in [2.24, 2.45) is 0 Å². The molecule has 0 bridgehead atoms. The maximum absolute atomic E-state index is 12.1. The lowest BCUT2D eigenvalue weighted by atomic mass is 10.1. The van der Waals surface area contributed by atoms with Crippen LogP contribution in [0.3, 0.4) is 0 Å². The first-order chi connectivity index (χ1) is 9.85. The van der Waals surface area contributed by atoms with E-state index in [1.807, 2.05) is 32.0 Å². The number of rotatable bonds is 7. The lowest BCUT2D eigenvalue weighted by Gasteiger charge is -2.19. The number of hydrogen-bond acceptors (Lipinski definition) is 3. The number of anilines is 1. The molecular formula is C15H24N2O3S. The molecule has 0 saturated heterocycles. The average Bonchev–Trinajstić information content (AvgIpc) is 2.41. The Morgan fingerprint density at radius 3 is 2.33 bits per heavy atom. The molecule has 5 nitrogen and oxygen atoms in total. The smallest absolute Gasteiger partial charge is 0.241 e. The molecule has 0 aliphatic rings. The van der Waals surface area contributed by atoms with Gasteiger partial charge < -0.3 is 5.32 Å². The zero-order valence-corrected chi connectivity index (χ0v) is 14.0. The van der Waals surface area contributed by atoms with Gasteiger partial charge in [0, 0.05) is 18.8 Å². The van der Waals surface area contributed by atoms with Gasteiger partial charge in [0.05, 0.1) is 0 Å². The summed E-state index contributed by atoms with van der Waals surface area (Å²) in [5.74, 6) is -1.02. The van der Waals surface area contributed by atoms with Crippen molar-refractivity contribution in [3.05, 3.63) is 29.3 Å². The van der Waals surface area contributed by atoms with E-state index in [9.17, 15) is 13.2 Å². The van der Waals surface area contributed by atoms with Gasteiger partial charge in [-0.15, -0.1) is 0 Å². The minimum Gasteiger partial charge on any atom is -0.325 e. The zero-order valence-electron chi connectivity index (χ0n) is 13.1. The van der Waals surface area contributed by atoms with Crippen molar-refractivity contribution in [1.82, 2.24) is 4.31 Å². The SMILES string of the molecule is CCc1cccc(C)c1NC(=O)CS(=O)(=O)N(CC)CC. The van der Waals surface area contributed by atoms with Crippen LogP contribution >= 0.6 is 0 Å². The van der Waals surface area contributed by atoms with Crippen LogP contribution in [0.15, 0.2) is 18.2 Å². The summed E-state index contributed by atoms with van der Waals surface area (Å²) >= 11 is 0. The maximum Gasteiger partial charge on any atom is 0.241 e. The molecule has 0 aromatic heterocycles. The Bertz CT molecular complexity index is 593. The Hall–Kier alpha value is -1.40. The van der Waals surface area contributed by atoms with Gasteiger partial charge in [-0.05, 0) is 24.5 Å². The van der Waals surface area contributed by atoms with Crippen LogP contribution in [0.1, 0.15) is 31.9 Å². The fourth-order valence-corrected chi connectivity index (χ4v) is 3.62. The van der Waals surface area contributed by atoms with Crippen LogP contribution < -0.4 is 5.32 Å². The van der Waals surface area contributed by atoms with Crippen LogP contribution in [0.25, 0.3) is 0 Å². The topological polar surface area (TPSA) is 66.5 Å². The Morgan fingerprint density at radius 1 is 1.19 bits per heavy atom. The highest BCUT2D eigenvalue weighted by molar-refractivity contribution is 7.89. The van der Waals surface area contributed by atoms with E-state index < -0.39 is 21.7 Å². The Morgan fingerprint density at radius 2 is 1.81 bits per heavy atom. The molecule has 0 atom stereocenters. The Labute approximate surface area is 127 Å². The molecule has 0 saturated carbocycles. The largest absolute Gasteiger partial charge is 0.325 e. The fourth-order valence-electron chi connectivity index (χ4n) is 2.25. The maximum atomic E-state index is 12.1. The summed E-state index contributed by atoms with van der Waals surface area (Å²) in [6.07, 6.45) is 0.778. The third kappa shape index (κ3) is 4.54. The molecule has 118 valence electrons. The van der Waals surface area contributed by atoms with E-state index in [-0.39, 0.29) is 0 Å². The first-order valence-corrected chi connectivity index (χ1v) is 8.82. The van der Waals surface area contributed by atoms with Gasteiger partial charge in [0.1, 0.15) is 5.75 Å². The van der Waals surface area contributed by atoms with Crippen LogP contribution in [-0.2, 0) is 21.2 Å².